The first-order valence-corrected chi connectivity index (χ1v) is 4.79. The molecule has 1 atom stereocenters. The van der Waals surface area contributed by atoms with Gasteiger partial charge in [-0.1, -0.05) is 6.92 Å². The second kappa shape index (κ2) is 4.70. The molecule has 0 aliphatic rings. The van der Waals surface area contributed by atoms with Crippen LogP contribution in [0.15, 0.2) is 18.2 Å². The molecule has 0 unspecified atom stereocenters. The molecule has 0 saturated heterocycles. The number of benzene rings is 1. The lowest BCUT2D eigenvalue weighted by Gasteiger charge is -2.21. The van der Waals surface area contributed by atoms with E-state index >= 15 is 0 Å². The number of hydrogen-bond donors (Lipinski definition) is 1. The fraction of sp³-hybridized carbons (Fsp3) is 0.400. The van der Waals surface area contributed by atoms with Crippen molar-refractivity contribution in [2.45, 2.75) is 25.4 Å². The van der Waals surface area contributed by atoms with Crippen molar-refractivity contribution in [2.24, 2.45) is 0 Å². The number of aliphatic hydroxyl groups excluding tert-OH is 1. The van der Waals surface area contributed by atoms with E-state index in [1.54, 1.807) is 0 Å². The zero-order valence-corrected chi connectivity index (χ0v) is 8.86. The van der Waals surface area contributed by atoms with Crippen molar-refractivity contribution in [1.82, 2.24) is 0 Å². The maximum atomic E-state index is 13.2. The topological polar surface area (TPSA) is 63.4 Å². The molecule has 0 aromatic heterocycles. The van der Waals surface area contributed by atoms with Crippen LogP contribution in [-0.4, -0.2) is 16.0 Å². The summed E-state index contributed by atoms with van der Waals surface area (Å²) in [4.78, 5) is 9.57. The van der Waals surface area contributed by atoms with E-state index < -0.39 is 40.4 Å². The summed E-state index contributed by atoms with van der Waals surface area (Å²) in [6.07, 6.45) is -3.09. The van der Waals surface area contributed by atoms with Crippen LogP contribution in [0.2, 0.25) is 0 Å². The summed E-state index contributed by atoms with van der Waals surface area (Å²) in [7, 11) is 0. The van der Waals surface area contributed by atoms with Gasteiger partial charge >= 0.3 is 0 Å². The van der Waals surface area contributed by atoms with Crippen LogP contribution in [0.1, 0.15) is 25.0 Å². The Bertz CT molecular complexity index is 437. The van der Waals surface area contributed by atoms with Crippen molar-refractivity contribution in [3.05, 3.63) is 39.7 Å². The first-order chi connectivity index (χ1) is 7.79. The number of hydrogen-bond acceptors (Lipinski definition) is 3. The van der Waals surface area contributed by atoms with E-state index in [0.29, 0.717) is 12.1 Å². The Morgan fingerprint density at radius 1 is 1.53 bits per heavy atom. The van der Waals surface area contributed by atoms with Crippen LogP contribution >= 0.6 is 0 Å². The van der Waals surface area contributed by atoms with Gasteiger partial charge in [-0.25, -0.2) is 13.2 Å². The highest BCUT2D eigenvalue weighted by molar-refractivity contribution is 5.37. The number of nitro benzene ring substituents is 1. The third-order valence-electron chi connectivity index (χ3n) is 2.36. The summed E-state index contributed by atoms with van der Waals surface area (Å²) in [5, 5.41) is 19.7. The van der Waals surface area contributed by atoms with Gasteiger partial charge in [-0.05, 0) is 6.07 Å². The van der Waals surface area contributed by atoms with Gasteiger partial charge in [0.25, 0.3) is 11.6 Å². The van der Waals surface area contributed by atoms with Crippen molar-refractivity contribution in [3.8, 4) is 0 Å². The molecule has 0 amide bonds. The molecule has 0 bridgehead atoms. The highest BCUT2D eigenvalue weighted by Gasteiger charge is 2.39. The normalized spacial score (nSPS) is 13.5. The monoisotopic (exact) mass is 249 g/mol. The Kier molecular flexibility index (Phi) is 3.72. The molecule has 4 nitrogen and oxygen atoms in total. The van der Waals surface area contributed by atoms with Gasteiger partial charge in [0.2, 0.25) is 0 Å². The molecule has 1 aromatic rings. The van der Waals surface area contributed by atoms with Crippen molar-refractivity contribution >= 4 is 5.69 Å². The fourth-order valence-electron chi connectivity index (χ4n) is 1.28. The standard InChI is InChI=1S/C10H10F3NO3/c1-2-10(12,13)9(15)7-5-6(14(16)17)3-4-8(7)11/h3-5,9,15H,2H2,1H3/t9-/m1/s1. The fourth-order valence-corrected chi connectivity index (χ4v) is 1.28. The molecule has 0 aliphatic carbocycles. The molecule has 1 rings (SSSR count). The van der Waals surface area contributed by atoms with Gasteiger partial charge in [0.15, 0.2) is 0 Å². The maximum absolute atomic E-state index is 13.2. The Hall–Kier alpha value is -1.63. The number of alkyl halides is 2. The lowest BCUT2D eigenvalue weighted by Crippen LogP contribution is -2.26. The van der Waals surface area contributed by atoms with Crippen LogP contribution in [0.25, 0.3) is 0 Å². The average molecular weight is 249 g/mol. The van der Waals surface area contributed by atoms with E-state index in [0.717, 1.165) is 13.0 Å². The Labute approximate surface area is 94.8 Å². The third kappa shape index (κ3) is 2.73. The second-order valence-corrected chi connectivity index (χ2v) is 3.48. The third-order valence-corrected chi connectivity index (χ3v) is 2.36. The average Bonchev–Trinajstić information content (AvgIpc) is 2.28. The van der Waals surface area contributed by atoms with Crippen LogP contribution in [0.3, 0.4) is 0 Å². The molecule has 0 saturated carbocycles. The second-order valence-electron chi connectivity index (χ2n) is 3.48. The van der Waals surface area contributed by atoms with E-state index in [9.17, 15) is 28.4 Å². The Balaban J connectivity index is 3.21. The number of aliphatic hydroxyl groups is 1. The van der Waals surface area contributed by atoms with Crippen molar-refractivity contribution in [2.75, 3.05) is 0 Å². The van der Waals surface area contributed by atoms with Crippen LogP contribution in [0, 0.1) is 15.9 Å². The van der Waals surface area contributed by atoms with Gasteiger partial charge < -0.3 is 5.11 Å². The van der Waals surface area contributed by atoms with E-state index in [1.165, 1.54) is 0 Å². The molecule has 7 heteroatoms. The Morgan fingerprint density at radius 3 is 2.59 bits per heavy atom. The minimum Gasteiger partial charge on any atom is -0.382 e. The molecular formula is C10H10F3NO3. The summed E-state index contributed by atoms with van der Waals surface area (Å²) in [5.74, 6) is -4.63. The van der Waals surface area contributed by atoms with Gasteiger partial charge in [-0.15, -0.1) is 0 Å². The van der Waals surface area contributed by atoms with Gasteiger partial charge in [-0.3, -0.25) is 10.1 Å². The smallest absolute Gasteiger partial charge is 0.277 e. The predicted molar refractivity (Wildman–Crippen MR) is 53.3 cm³/mol. The molecule has 1 aromatic carbocycles. The SMILES string of the molecule is CCC(F)(F)[C@H](O)c1cc([N+](=O)[O-])ccc1F. The summed E-state index contributed by atoms with van der Waals surface area (Å²) in [6, 6.07) is 2.14. The van der Waals surface area contributed by atoms with Gasteiger partial charge in [0.1, 0.15) is 11.9 Å². The summed E-state index contributed by atoms with van der Waals surface area (Å²) < 4.78 is 39.6. The Morgan fingerprint density at radius 2 is 2.12 bits per heavy atom. The zero-order valence-electron chi connectivity index (χ0n) is 8.86. The molecule has 94 valence electrons. The van der Waals surface area contributed by atoms with E-state index in [2.05, 4.69) is 0 Å². The predicted octanol–water partition coefficient (Wildman–Crippen LogP) is 2.81. The lowest BCUT2D eigenvalue weighted by molar-refractivity contribution is -0.385. The number of nitro groups is 1. The van der Waals surface area contributed by atoms with E-state index in [1.807, 2.05) is 0 Å². The van der Waals surface area contributed by atoms with Crippen molar-refractivity contribution in [1.29, 1.82) is 0 Å². The number of non-ortho nitro benzene ring substituents is 1. The highest BCUT2D eigenvalue weighted by Crippen LogP contribution is 2.36. The summed E-state index contributed by atoms with van der Waals surface area (Å²) in [5.41, 5.74) is -1.32. The largest absolute Gasteiger partial charge is 0.382 e. The summed E-state index contributed by atoms with van der Waals surface area (Å²) in [6.45, 7) is 1.12. The number of halogens is 3. The minimum absolute atomic E-state index is 0.549. The molecular weight excluding hydrogens is 239 g/mol. The first-order valence-electron chi connectivity index (χ1n) is 4.79. The molecule has 0 fully saturated rings. The quantitative estimate of drug-likeness (QED) is 0.659. The van der Waals surface area contributed by atoms with E-state index in [4.69, 9.17) is 0 Å². The maximum Gasteiger partial charge on any atom is 0.277 e. The minimum atomic E-state index is -3.53. The molecule has 1 N–H and O–H groups in total. The lowest BCUT2D eigenvalue weighted by atomic mass is 10.0. The van der Waals surface area contributed by atoms with Crippen LogP contribution < -0.4 is 0 Å². The molecule has 0 aliphatic heterocycles. The van der Waals surface area contributed by atoms with Gasteiger partial charge in [0.05, 0.1) is 4.92 Å². The first kappa shape index (κ1) is 13.4. The van der Waals surface area contributed by atoms with Gasteiger partial charge in [0, 0.05) is 24.1 Å². The van der Waals surface area contributed by atoms with Gasteiger partial charge in [-0.2, -0.15) is 0 Å². The molecule has 17 heavy (non-hydrogen) atoms. The van der Waals surface area contributed by atoms with Crippen LogP contribution in [0.4, 0.5) is 18.9 Å². The van der Waals surface area contributed by atoms with Crippen LogP contribution in [0.5, 0.6) is 0 Å². The zero-order chi connectivity index (χ0) is 13.2. The highest BCUT2D eigenvalue weighted by atomic mass is 19.3. The van der Waals surface area contributed by atoms with Crippen LogP contribution in [-0.2, 0) is 0 Å². The molecule has 0 spiro atoms. The van der Waals surface area contributed by atoms with E-state index in [-0.39, 0.29) is 0 Å². The number of nitrogens with zero attached hydrogens (tertiary/aromatic N) is 1. The van der Waals surface area contributed by atoms with Crippen molar-refractivity contribution in [3.63, 3.8) is 0 Å². The number of rotatable bonds is 4. The molecule has 0 radical (unpaired) electrons. The molecule has 0 heterocycles. The summed E-state index contributed by atoms with van der Waals surface area (Å²) >= 11 is 0. The van der Waals surface area contributed by atoms with Crippen molar-refractivity contribution < 1.29 is 23.2 Å².